The van der Waals surface area contributed by atoms with E-state index in [2.05, 4.69) is 5.32 Å². The van der Waals surface area contributed by atoms with E-state index >= 15 is 0 Å². The van der Waals surface area contributed by atoms with Gasteiger partial charge in [0.05, 0.1) is 16.9 Å². The van der Waals surface area contributed by atoms with Crippen molar-refractivity contribution >= 4 is 17.3 Å². The number of rotatable bonds is 1. The summed E-state index contributed by atoms with van der Waals surface area (Å²) in [5, 5.41) is 3.30. The quantitative estimate of drug-likeness (QED) is 0.868. The molecule has 1 aliphatic heterocycles. The fourth-order valence-corrected chi connectivity index (χ4v) is 2.59. The Hall–Kier alpha value is -2.36. The van der Waals surface area contributed by atoms with Gasteiger partial charge in [-0.1, -0.05) is 18.2 Å². The van der Waals surface area contributed by atoms with Crippen LogP contribution in [0.2, 0.25) is 0 Å². The highest BCUT2D eigenvalue weighted by atomic mass is 19.1. The van der Waals surface area contributed by atoms with E-state index in [0.717, 1.165) is 29.9 Å². The molecular weight excluding hydrogens is 267 g/mol. The van der Waals surface area contributed by atoms with Gasteiger partial charge in [-0.15, -0.1) is 0 Å². The van der Waals surface area contributed by atoms with E-state index in [1.165, 1.54) is 6.07 Å². The zero-order valence-corrected chi connectivity index (χ0v) is 11.9. The molecule has 1 N–H and O–H groups in total. The van der Waals surface area contributed by atoms with Gasteiger partial charge in [-0.05, 0) is 43.2 Å². The largest absolute Gasteiger partial charge is 0.383 e. The summed E-state index contributed by atoms with van der Waals surface area (Å²) in [5.41, 5.74) is 2.65. The van der Waals surface area contributed by atoms with Crippen molar-refractivity contribution in [2.75, 3.05) is 23.3 Å². The molecule has 0 spiro atoms. The van der Waals surface area contributed by atoms with Crippen LogP contribution in [0.25, 0.3) is 0 Å². The number of carbonyl (C=O) groups excluding carboxylic acids is 1. The van der Waals surface area contributed by atoms with Crippen molar-refractivity contribution in [1.82, 2.24) is 0 Å². The van der Waals surface area contributed by atoms with Gasteiger partial charge in [0.25, 0.3) is 5.91 Å². The molecule has 2 aromatic rings. The first-order chi connectivity index (χ1) is 10.2. The van der Waals surface area contributed by atoms with E-state index in [-0.39, 0.29) is 11.5 Å². The maximum atomic E-state index is 14.1. The van der Waals surface area contributed by atoms with Crippen molar-refractivity contribution in [2.24, 2.45) is 0 Å². The lowest BCUT2D eigenvalue weighted by Crippen LogP contribution is -2.32. The third-order valence-corrected chi connectivity index (χ3v) is 3.67. The smallest absolute Gasteiger partial charge is 0.261 e. The van der Waals surface area contributed by atoms with Crippen LogP contribution in [-0.2, 0) is 0 Å². The Bertz CT molecular complexity index is 684. The number of carbonyl (C=O) groups is 1. The molecule has 0 saturated heterocycles. The molecule has 0 radical (unpaired) electrons. The van der Waals surface area contributed by atoms with Crippen LogP contribution in [0.3, 0.4) is 0 Å². The fraction of sp³-hybridized carbons (Fsp3) is 0.235. The van der Waals surface area contributed by atoms with Crippen LogP contribution in [-0.4, -0.2) is 19.0 Å². The molecular formula is C17H17FN2O. The Balaban J connectivity index is 2.01. The van der Waals surface area contributed by atoms with E-state index < -0.39 is 5.82 Å². The van der Waals surface area contributed by atoms with Crippen molar-refractivity contribution in [3.63, 3.8) is 0 Å². The molecule has 21 heavy (non-hydrogen) atoms. The average Bonchev–Trinajstić information content (AvgIpc) is 2.69. The molecule has 1 amide bonds. The fourth-order valence-electron chi connectivity index (χ4n) is 2.59. The Kier molecular flexibility index (Phi) is 3.60. The summed E-state index contributed by atoms with van der Waals surface area (Å²) in [4.78, 5) is 14.4. The molecule has 0 saturated carbocycles. The lowest BCUT2D eigenvalue weighted by atomic mass is 10.1. The Labute approximate surface area is 123 Å². The van der Waals surface area contributed by atoms with Crippen LogP contribution in [0.5, 0.6) is 0 Å². The number of anilines is 2. The second kappa shape index (κ2) is 5.56. The van der Waals surface area contributed by atoms with Crippen LogP contribution < -0.4 is 10.2 Å². The summed E-state index contributed by atoms with van der Waals surface area (Å²) in [6, 6.07) is 12.4. The molecule has 0 atom stereocenters. The number of amides is 1. The average molecular weight is 284 g/mol. The zero-order valence-electron chi connectivity index (χ0n) is 11.9. The molecule has 108 valence electrons. The molecule has 3 rings (SSSR count). The molecule has 4 heteroatoms. The number of halogens is 1. The minimum absolute atomic E-state index is 0.123. The van der Waals surface area contributed by atoms with E-state index in [4.69, 9.17) is 0 Å². The highest BCUT2D eigenvalue weighted by Gasteiger charge is 2.24. The number of nitrogens with zero attached hydrogens (tertiary/aromatic N) is 1. The summed E-state index contributed by atoms with van der Waals surface area (Å²) in [7, 11) is 0. The summed E-state index contributed by atoms with van der Waals surface area (Å²) in [6.45, 7) is 3.19. The first-order valence-electron chi connectivity index (χ1n) is 7.08. The van der Waals surface area contributed by atoms with Gasteiger partial charge < -0.3 is 10.2 Å². The van der Waals surface area contributed by atoms with Crippen molar-refractivity contribution in [3.8, 4) is 0 Å². The number of hydrogen-bond donors (Lipinski definition) is 1. The second-order valence-corrected chi connectivity index (χ2v) is 5.24. The number of nitrogens with one attached hydrogen (secondary N) is 1. The summed E-state index contributed by atoms with van der Waals surface area (Å²) >= 11 is 0. The number of aryl methyl sites for hydroxylation is 1. The predicted octanol–water partition coefficient (Wildman–Crippen LogP) is 3.60. The van der Waals surface area contributed by atoms with Crippen LogP contribution in [0.15, 0.2) is 42.5 Å². The zero-order chi connectivity index (χ0) is 14.8. The Morgan fingerprint density at radius 2 is 2.05 bits per heavy atom. The maximum absolute atomic E-state index is 14.1. The van der Waals surface area contributed by atoms with Gasteiger partial charge in [-0.3, -0.25) is 4.79 Å². The summed E-state index contributed by atoms with van der Waals surface area (Å²) in [6.07, 6.45) is 0.827. The molecule has 0 fully saturated rings. The minimum atomic E-state index is -0.463. The predicted molar refractivity (Wildman–Crippen MR) is 82.4 cm³/mol. The highest BCUT2D eigenvalue weighted by Crippen LogP contribution is 2.29. The highest BCUT2D eigenvalue weighted by molar-refractivity contribution is 6.08. The summed E-state index contributed by atoms with van der Waals surface area (Å²) < 4.78 is 14.1. The molecule has 0 unspecified atom stereocenters. The van der Waals surface area contributed by atoms with Crippen LogP contribution in [0.4, 0.5) is 15.8 Å². The lowest BCUT2D eigenvalue weighted by molar-refractivity contribution is 0.0983. The van der Waals surface area contributed by atoms with Gasteiger partial charge in [0, 0.05) is 13.1 Å². The lowest BCUT2D eigenvalue weighted by Gasteiger charge is -2.22. The molecule has 0 aliphatic carbocycles. The van der Waals surface area contributed by atoms with Gasteiger partial charge in [0.2, 0.25) is 0 Å². The van der Waals surface area contributed by atoms with Crippen molar-refractivity contribution in [3.05, 3.63) is 59.4 Å². The maximum Gasteiger partial charge on any atom is 0.261 e. The third kappa shape index (κ3) is 2.61. The SMILES string of the molecule is Cc1ccc(C(=O)N2CCCNc3ccccc32)c(F)c1. The first kappa shape index (κ1) is 13.6. The topological polar surface area (TPSA) is 32.3 Å². The van der Waals surface area contributed by atoms with Crippen LogP contribution in [0, 0.1) is 12.7 Å². The second-order valence-electron chi connectivity index (χ2n) is 5.24. The van der Waals surface area contributed by atoms with E-state index in [0.29, 0.717) is 6.54 Å². The number of benzene rings is 2. The van der Waals surface area contributed by atoms with Crippen molar-refractivity contribution < 1.29 is 9.18 Å². The van der Waals surface area contributed by atoms with Gasteiger partial charge in [0.15, 0.2) is 0 Å². The monoisotopic (exact) mass is 284 g/mol. The van der Waals surface area contributed by atoms with Crippen LogP contribution >= 0.6 is 0 Å². The van der Waals surface area contributed by atoms with Crippen molar-refractivity contribution in [1.29, 1.82) is 0 Å². The Morgan fingerprint density at radius 3 is 2.86 bits per heavy atom. The van der Waals surface area contributed by atoms with E-state index in [1.807, 2.05) is 31.2 Å². The molecule has 3 nitrogen and oxygen atoms in total. The van der Waals surface area contributed by atoms with Crippen molar-refractivity contribution in [2.45, 2.75) is 13.3 Å². The normalized spacial score (nSPS) is 14.1. The van der Waals surface area contributed by atoms with E-state index in [1.54, 1.807) is 17.0 Å². The van der Waals surface area contributed by atoms with Gasteiger partial charge in [-0.2, -0.15) is 0 Å². The number of hydrogen-bond acceptors (Lipinski definition) is 2. The van der Waals surface area contributed by atoms with Crippen LogP contribution in [0.1, 0.15) is 22.3 Å². The number of para-hydroxylation sites is 2. The van der Waals surface area contributed by atoms with Gasteiger partial charge in [-0.25, -0.2) is 4.39 Å². The molecule has 0 bridgehead atoms. The molecule has 1 heterocycles. The van der Waals surface area contributed by atoms with Gasteiger partial charge >= 0.3 is 0 Å². The summed E-state index contributed by atoms with van der Waals surface area (Å²) in [5.74, 6) is -0.752. The standard InChI is InChI=1S/C17H17FN2O/c1-12-7-8-13(14(18)11-12)17(21)20-10-4-9-19-15-5-2-3-6-16(15)20/h2-3,5-8,11,19H,4,9-10H2,1H3. The first-order valence-corrected chi connectivity index (χ1v) is 7.08. The molecule has 0 aromatic heterocycles. The van der Waals surface area contributed by atoms with Gasteiger partial charge in [0.1, 0.15) is 5.82 Å². The number of fused-ring (bicyclic) bond motifs is 1. The van der Waals surface area contributed by atoms with E-state index in [9.17, 15) is 9.18 Å². The third-order valence-electron chi connectivity index (χ3n) is 3.67. The Morgan fingerprint density at radius 1 is 1.24 bits per heavy atom. The molecule has 1 aliphatic rings. The minimum Gasteiger partial charge on any atom is -0.383 e. The molecule has 2 aromatic carbocycles.